The van der Waals surface area contributed by atoms with Crippen molar-refractivity contribution in [3.8, 4) is 0 Å². The predicted octanol–water partition coefficient (Wildman–Crippen LogP) is 1.81. The molecule has 1 fully saturated rings. The normalized spacial score (nSPS) is 15.4. The van der Waals surface area contributed by atoms with Gasteiger partial charge >= 0.3 is 0 Å². The number of rotatable bonds is 2. The molecule has 0 aliphatic carbocycles. The Kier molecular flexibility index (Phi) is 3.64. The van der Waals surface area contributed by atoms with Crippen molar-refractivity contribution >= 4 is 23.3 Å². The topological polar surface area (TPSA) is 49.3 Å². The number of aryl methyl sites for hydroxylation is 1. The number of amides is 1. The molecule has 1 saturated heterocycles. The lowest BCUT2D eigenvalue weighted by molar-refractivity contribution is 0.0742. The van der Waals surface area contributed by atoms with Crippen molar-refractivity contribution in [3.63, 3.8) is 0 Å². The molecule has 104 valence electrons. The maximum atomic E-state index is 12.2. The number of nitrogens with zero attached hydrogens (tertiary/aromatic N) is 4. The van der Waals surface area contributed by atoms with Crippen LogP contribution in [0, 0.1) is 6.92 Å². The summed E-state index contributed by atoms with van der Waals surface area (Å²) in [5.41, 5.74) is 2.95. The van der Waals surface area contributed by atoms with E-state index in [9.17, 15) is 4.79 Å². The average Bonchev–Trinajstić information content (AvgIpc) is 3.01. The Morgan fingerprint density at radius 2 is 2.05 bits per heavy atom. The number of benzene rings is 1. The molecule has 0 saturated carbocycles. The fourth-order valence-corrected chi connectivity index (χ4v) is 2.82. The molecule has 0 atom stereocenters. The van der Waals surface area contributed by atoms with Crippen LogP contribution in [0.3, 0.4) is 0 Å². The van der Waals surface area contributed by atoms with Gasteiger partial charge in [-0.25, -0.2) is 0 Å². The molecule has 1 aromatic heterocycles. The molecule has 2 aromatic rings. The van der Waals surface area contributed by atoms with E-state index < -0.39 is 0 Å². The van der Waals surface area contributed by atoms with Crippen LogP contribution in [0.15, 0.2) is 30.5 Å². The first-order chi connectivity index (χ1) is 9.74. The molecule has 3 rings (SSSR count). The van der Waals surface area contributed by atoms with E-state index >= 15 is 0 Å². The van der Waals surface area contributed by atoms with Crippen molar-refractivity contribution in [3.05, 3.63) is 41.7 Å². The number of piperazine rings is 1. The van der Waals surface area contributed by atoms with Crippen molar-refractivity contribution in [1.82, 2.24) is 13.6 Å². The second-order valence-corrected chi connectivity index (χ2v) is 5.47. The van der Waals surface area contributed by atoms with E-state index in [1.165, 1.54) is 11.3 Å². The molecule has 0 spiro atoms. The van der Waals surface area contributed by atoms with Gasteiger partial charge in [-0.05, 0) is 24.6 Å². The van der Waals surface area contributed by atoms with Crippen LogP contribution in [0.2, 0.25) is 0 Å². The highest BCUT2D eigenvalue weighted by Crippen LogP contribution is 2.18. The number of anilines is 1. The van der Waals surface area contributed by atoms with Gasteiger partial charge in [-0.2, -0.15) is 8.75 Å². The van der Waals surface area contributed by atoms with Crippen LogP contribution < -0.4 is 4.90 Å². The molecule has 1 aromatic carbocycles. The van der Waals surface area contributed by atoms with Crippen molar-refractivity contribution in [2.24, 2.45) is 0 Å². The summed E-state index contributed by atoms with van der Waals surface area (Å²) in [6, 6.07) is 8.47. The second-order valence-electron chi connectivity index (χ2n) is 4.91. The van der Waals surface area contributed by atoms with Gasteiger partial charge in [-0.1, -0.05) is 12.1 Å². The standard InChI is InChI=1S/C14H16N4OS/c1-11-3-2-4-12(9-11)17-5-7-18(8-6-17)14(19)13-10-15-20-16-13/h2-4,9-10H,5-8H2,1H3. The number of carbonyl (C=O) groups excluding carboxylic acids is 1. The number of aromatic nitrogens is 2. The minimum atomic E-state index is -0.0114. The van der Waals surface area contributed by atoms with Crippen LogP contribution in [-0.4, -0.2) is 45.7 Å². The summed E-state index contributed by atoms with van der Waals surface area (Å²) in [5.74, 6) is -0.0114. The van der Waals surface area contributed by atoms with Gasteiger partial charge in [-0.15, -0.1) is 0 Å². The smallest absolute Gasteiger partial charge is 0.275 e. The Bertz CT molecular complexity index is 591. The summed E-state index contributed by atoms with van der Waals surface area (Å²) < 4.78 is 7.89. The maximum absolute atomic E-state index is 12.2. The Morgan fingerprint density at radius 1 is 1.25 bits per heavy atom. The molecule has 20 heavy (non-hydrogen) atoms. The molecule has 0 bridgehead atoms. The first-order valence-corrected chi connectivity index (χ1v) is 7.35. The largest absolute Gasteiger partial charge is 0.368 e. The van der Waals surface area contributed by atoms with Gasteiger partial charge in [0.1, 0.15) is 0 Å². The van der Waals surface area contributed by atoms with E-state index in [1.54, 1.807) is 6.20 Å². The van der Waals surface area contributed by atoms with Gasteiger partial charge < -0.3 is 9.80 Å². The summed E-state index contributed by atoms with van der Waals surface area (Å²) in [7, 11) is 0. The lowest BCUT2D eigenvalue weighted by Crippen LogP contribution is -2.48. The molecule has 1 amide bonds. The number of carbonyl (C=O) groups is 1. The van der Waals surface area contributed by atoms with Crippen LogP contribution >= 0.6 is 11.7 Å². The fourth-order valence-electron chi connectivity index (χ4n) is 2.41. The first-order valence-electron chi connectivity index (χ1n) is 6.62. The highest BCUT2D eigenvalue weighted by atomic mass is 32.1. The molecule has 2 heterocycles. The van der Waals surface area contributed by atoms with Gasteiger partial charge in [0.2, 0.25) is 0 Å². The minimum absolute atomic E-state index is 0.0114. The van der Waals surface area contributed by atoms with Crippen molar-refractivity contribution < 1.29 is 4.79 Å². The van der Waals surface area contributed by atoms with E-state index in [0.717, 1.165) is 37.9 Å². The Hall–Kier alpha value is -1.95. The monoisotopic (exact) mass is 288 g/mol. The van der Waals surface area contributed by atoms with Crippen LogP contribution in [0.4, 0.5) is 5.69 Å². The maximum Gasteiger partial charge on any atom is 0.275 e. The van der Waals surface area contributed by atoms with Crippen molar-refractivity contribution in [2.75, 3.05) is 31.1 Å². The van der Waals surface area contributed by atoms with Gasteiger partial charge in [0.25, 0.3) is 5.91 Å². The third-order valence-electron chi connectivity index (χ3n) is 3.51. The molecule has 6 heteroatoms. The van der Waals surface area contributed by atoms with E-state index in [4.69, 9.17) is 0 Å². The van der Waals surface area contributed by atoms with E-state index in [-0.39, 0.29) is 5.91 Å². The first kappa shape index (κ1) is 13.1. The summed E-state index contributed by atoms with van der Waals surface area (Å²) in [5, 5.41) is 0. The van der Waals surface area contributed by atoms with Crippen LogP contribution in [0.25, 0.3) is 0 Å². The van der Waals surface area contributed by atoms with Gasteiger partial charge in [0.05, 0.1) is 17.9 Å². The quantitative estimate of drug-likeness (QED) is 0.845. The summed E-state index contributed by atoms with van der Waals surface area (Å²) in [6.45, 7) is 5.26. The molecule has 1 aliphatic rings. The lowest BCUT2D eigenvalue weighted by atomic mass is 10.2. The zero-order chi connectivity index (χ0) is 13.9. The SMILES string of the molecule is Cc1cccc(N2CCN(C(=O)c3cnsn3)CC2)c1. The zero-order valence-corrected chi connectivity index (χ0v) is 12.1. The predicted molar refractivity (Wildman–Crippen MR) is 79.2 cm³/mol. The van der Waals surface area contributed by atoms with Crippen LogP contribution in [0.1, 0.15) is 16.1 Å². The van der Waals surface area contributed by atoms with Crippen molar-refractivity contribution in [1.29, 1.82) is 0 Å². The molecular weight excluding hydrogens is 272 g/mol. The van der Waals surface area contributed by atoms with Gasteiger partial charge in [0.15, 0.2) is 5.69 Å². The van der Waals surface area contributed by atoms with E-state index in [1.807, 2.05) is 4.90 Å². The van der Waals surface area contributed by atoms with Crippen LogP contribution in [-0.2, 0) is 0 Å². The third-order valence-corrected chi connectivity index (χ3v) is 3.99. The summed E-state index contributed by atoms with van der Waals surface area (Å²) >= 11 is 1.07. The summed E-state index contributed by atoms with van der Waals surface area (Å²) in [6.07, 6.45) is 1.54. The molecule has 0 unspecified atom stereocenters. The molecule has 1 aliphatic heterocycles. The van der Waals surface area contributed by atoms with E-state index in [0.29, 0.717) is 5.69 Å². The number of hydrogen-bond acceptors (Lipinski definition) is 5. The highest BCUT2D eigenvalue weighted by Gasteiger charge is 2.23. The fraction of sp³-hybridized carbons (Fsp3) is 0.357. The molecule has 5 nitrogen and oxygen atoms in total. The van der Waals surface area contributed by atoms with E-state index in [2.05, 4.69) is 44.8 Å². The van der Waals surface area contributed by atoms with Crippen molar-refractivity contribution in [2.45, 2.75) is 6.92 Å². The summed E-state index contributed by atoms with van der Waals surface area (Å²) in [4.78, 5) is 16.3. The van der Waals surface area contributed by atoms with Gasteiger partial charge in [-0.3, -0.25) is 4.79 Å². The van der Waals surface area contributed by atoms with Gasteiger partial charge in [0, 0.05) is 31.9 Å². The number of hydrogen-bond donors (Lipinski definition) is 0. The van der Waals surface area contributed by atoms with Crippen LogP contribution in [0.5, 0.6) is 0 Å². The molecule has 0 radical (unpaired) electrons. The molecular formula is C14H16N4OS. The minimum Gasteiger partial charge on any atom is -0.368 e. The zero-order valence-electron chi connectivity index (χ0n) is 11.3. The Morgan fingerprint density at radius 3 is 2.70 bits per heavy atom. The second kappa shape index (κ2) is 5.58. The molecule has 0 N–H and O–H groups in total. The lowest BCUT2D eigenvalue weighted by Gasteiger charge is -2.35. The highest BCUT2D eigenvalue weighted by molar-refractivity contribution is 6.99. The Balaban J connectivity index is 1.64. The Labute approximate surface area is 122 Å². The average molecular weight is 288 g/mol. The third kappa shape index (κ3) is 2.65.